The molecule has 0 heterocycles. The van der Waals surface area contributed by atoms with E-state index in [0.29, 0.717) is 13.2 Å². The Morgan fingerprint density at radius 2 is 1.48 bits per heavy atom. The second-order valence-electron chi connectivity index (χ2n) is 7.69. The fourth-order valence-corrected chi connectivity index (χ4v) is 3.05. The van der Waals surface area contributed by atoms with E-state index < -0.39 is 11.8 Å². The van der Waals surface area contributed by atoms with Crippen LogP contribution in [0, 0.1) is 0 Å². The first-order chi connectivity index (χ1) is 16.1. The smallest absolute Gasteiger partial charge is 0.309 e. The van der Waals surface area contributed by atoms with Crippen LogP contribution in [0.1, 0.15) is 57.8 Å². The Morgan fingerprint density at radius 3 is 2.15 bits per heavy atom. The molecule has 0 saturated carbocycles. The molecule has 0 aliphatic heterocycles. The van der Waals surface area contributed by atoms with E-state index >= 15 is 0 Å². The molecule has 33 heavy (non-hydrogen) atoms. The fourth-order valence-electron chi connectivity index (χ4n) is 3.05. The van der Waals surface area contributed by atoms with Gasteiger partial charge in [0.25, 0.3) is 0 Å². The van der Waals surface area contributed by atoms with Gasteiger partial charge in [0.1, 0.15) is 12.4 Å². The summed E-state index contributed by atoms with van der Waals surface area (Å²) in [4.78, 5) is 34.1. The minimum Gasteiger partial charge on any atom is -0.497 e. The molecule has 1 rings (SSSR count). The second kappa shape index (κ2) is 18.7. The van der Waals surface area contributed by atoms with E-state index in [4.69, 9.17) is 9.47 Å². The summed E-state index contributed by atoms with van der Waals surface area (Å²) in [6.45, 7) is 1.19. The number of hydrogen-bond acceptors (Lipinski definition) is 5. The molecule has 8 heteroatoms. The quantitative estimate of drug-likeness (QED) is 0.187. The van der Waals surface area contributed by atoms with Crippen LogP contribution in [-0.2, 0) is 19.1 Å². The number of methoxy groups -OCH3 is 1. The molecule has 3 N–H and O–H groups in total. The van der Waals surface area contributed by atoms with Crippen LogP contribution in [0.15, 0.2) is 36.4 Å². The summed E-state index contributed by atoms with van der Waals surface area (Å²) in [5, 5.41) is 7.68. The fraction of sp³-hybridized carbons (Fsp3) is 0.560. The highest BCUT2D eigenvalue weighted by Crippen LogP contribution is 2.14. The van der Waals surface area contributed by atoms with Crippen LogP contribution in [0.3, 0.4) is 0 Å². The van der Waals surface area contributed by atoms with Gasteiger partial charge in [-0.25, -0.2) is 0 Å². The number of ether oxygens (including phenoxy) is 2. The van der Waals surface area contributed by atoms with Crippen molar-refractivity contribution < 1.29 is 23.9 Å². The Balaban J connectivity index is 1.86. The predicted molar refractivity (Wildman–Crippen MR) is 130 cm³/mol. The number of rotatable bonds is 17. The summed E-state index contributed by atoms with van der Waals surface area (Å²) >= 11 is 0. The Labute approximate surface area is 197 Å². The van der Waals surface area contributed by atoms with E-state index in [-0.39, 0.29) is 12.5 Å². The standard InChI is InChI=1S/C25H39N3O5/c1-26-24(30)25(31)27-18-12-10-8-6-4-3-5-7-9-11-13-19-33-20-23(29)28-21-14-16-22(32-2)17-15-21/h4,6,14-17H,3,5,7-13,18-20H2,1-2H3,(H,26,30)(H,27,31)(H,28,29). The van der Waals surface area contributed by atoms with Crippen LogP contribution in [0.4, 0.5) is 5.69 Å². The summed E-state index contributed by atoms with van der Waals surface area (Å²) < 4.78 is 10.5. The van der Waals surface area contributed by atoms with Crippen LogP contribution < -0.4 is 20.7 Å². The van der Waals surface area contributed by atoms with E-state index in [0.717, 1.165) is 50.0 Å². The number of allylic oxidation sites excluding steroid dienone is 2. The molecule has 3 amide bonds. The largest absolute Gasteiger partial charge is 0.497 e. The van der Waals surface area contributed by atoms with Crippen LogP contribution in [0.2, 0.25) is 0 Å². The van der Waals surface area contributed by atoms with Gasteiger partial charge in [0.2, 0.25) is 5.91 Å². The normalized spacial score (nSPS) is 10.7. The van der Waals surface area contributed by atoms with E-state index in [9.17, 15) is 14.4 Å². The molecule has 0 saturated heterocycles. The molecular formula is C25H39N3O5. The Bertz CT molecular complexity index is 719. The number of carbonyl (C=O) groups excluding carboxylic acids is 3. The molecular weight excluding hydrogens is 422 g/mol. The third kappa shape index (κ3) is 14.7. The molecule has 0 aliphatic rings. The van der Waals surface area contributed by atoms with E-state index in [2.05, 4.69) is 28.1 Å². The van der Waals surface area contributed by atoms with Crippen molar-refractivity contribution in [2.24, 2.45) is 0 Å². The van der Waals surface area contributed by atoms with Crippen molar-refractivity contribution in [1.82, 2.24) is 10.6 Å². The van der Waals surface area contributed by atoms with Gasteiger partial charge in [0.05, 0.1) is 7.11 Å². The molecule has 0 aromatic heterocycles. The van der Waals surface area contributed by atoms with Crippen molar-refractivity contribution in [3.05, 3.63) is 36.4 Å². The van der Waals surface area contributed by atoms with Gasteiger partial charge in [-0.2, -0.15) is 0 Å². The highest BCUT2D eigenvalue weighted by atomic mass is 16.5. The predicted octanol–water partition coefficient (Wildman–Crippen LogP) is 3.58. The van der Waals surface area contributed by atoms with Gasteiger partial charge < -0.3 is 25.4 Å². The SMILES string of the molecule is CNC(=O)C(=O)NCCCCC=CCCCCCCCOCC(=O)Nc1ccc(OC)cc1. The molecule has 1 aromatic rings. The van der Waals surface area contributed by atoms with Gasteiger partial charge in [0.15, 0.2) is 0 Å². The third-order valence-electron chi connectivity index (χ3n) is 4.95. The maximum absolute atomic E-state index is 11.9. The molecule has 0 aliphatic carbocycles. The monoisotopic (exact) mass is 461 g/mol. The van der Waals surface area contributed by atoms with Gasteiger partial charge in [-0.05, 0) is 62.8 Å². The first-order valence-electron chi connectivity index (χ1n) is 11.7. The molecule has 0 unspecified atom stereocenters. The number of amides is 3. The van der Waals surface area contributed by atoms with Crippen LogP contribution in [-0.4, -0.2) is 51.6 Å². The lowest BCUT2D eigenvalue weighted by Crippen LogP contribution is -2.38. The molecule has 184 valence electrons. The van der Waals surface area contributed by atoms with Crippen molar-refractivity contribution >= 4 is 23.4 Å². The van der Waals surface area contributed by atoms with Crippen molar-refractivity contribution in [3.63, 3.8) is 0 Å². The maximum Gasteiger partial charge on any atom is 0.309 e. The lowest BCUT2D eigenvalue weighted by atomic mass is 10.1. The topological polar surface area (TPSA) is 106 Å². The van der Waals surface area contributed by atoms with Crippen LogP contribution >= 0.6 is 0 Å². The first kappa shape index (κ1) is 28.2. The average molecular weight is 462 g/mol. The van der Waals surface area contributed by atoms with Crippen molar-refractivity contribution in [2.45, 2.75) is 57.8 Å². The summed E-state index contributed by atoms with van der Waals surface area (Å²) in [5.74, 6) is -0.578. The summed E-state index contributed by atoms with van der Waals surface area (Å²) in [7, 11) is 3.04. The minimum atomic E-state index is -0.601. The molecule has 0 bridgehead atoms. The zero-order chi connectivity index (χ0) is 24.2. The lowest BCUT2D eigenvalue weighted by molar-refractivity contribution is -0.138. The average Bonchev–Trinajstić information content (AvgIpc) is 2.83. The maximum atomic E-state index is 11.9. The van der Waals surface area contributed by atoms with Gasteiger partial charge in [-0.15, -0.1) is 0 Å². The van der Waals surface area contributed by atoms with Gasteiger partial charge in [-0.1, -0.05) is 31.4 Å². The molecule has 0 radical (unpaired) electrons. The summed E-state index contributed by atoms with van der Waals surface area (Å²) in [5.41, 5.74) is 0.727. The van der Waals surface area contributed by atoms with Crippen molar-refractivity contribution in [1.29, 1.82) is 0 Å². The molecule has 1 aromatic carbocycles. The highest BCUT2D eigenvalue weighted by molar-refractivity contribution is 6.34. The number of hydrogen-bond donors (Lipinski definition) is 3. The van der Waals surface area contributed by atoms with Gasteiger partial charge in [0, 0.05) is 25.9 Å². The number of nitrogens with one attached hydrogen (secondary N) is 3. The number of benzene rings is 1. The highest BCUT2D eigenvalue weighted by Gasteiger charge is 2.08. The zero-order valence-corrected chi connectivity index (χ0v) is 20.0. The van der Waals surface area contributed by atoms with Gasteiger partial charge >= 0.3 is 11.8 Å². The third-order valence-corrected chi connectivity index (χ3v) is 4.95. The second-order valence-corrected chi connectivity index (χ2v) is 7.69. The van der Waals surface area contributed by atoms with E-state index in [1.165, 1.54) is 26.3 Å². The van der Waals surface area contributed by atoms with Gasteiger partial charge in [-0.3, -0.25) is 14.4 Å². The number of likely N-dealkylation sites (N-methyl/N-ethyl adjacent to an activating group) is 1. The molecule has 0 fully saturated rings. The molecule has 0 atom stereocenters. The Hall–Kier alpha value is -2.87. The summed E-state index contributed by atoms with van der Waals surface area (Å²) in [6.07, 6.45) is 13.9. The molecule has 0 spiro atoms. The Morgan fingerprint density at radius 1 is 0.848 bits per heavy atom. The Kier molecular flexibility index (Phi) is 15.9. The number of anilines is 1. The lowest BCUT2D eigenvalue weighted by Gasteiger charge is -2.07. The van der Waals surface area contributed by atoms with Crippen LogP contribution in [0.5, 0.6) is 5.75 Å². The van der Waals surface area contributed by atoms with Crippen molar-refractivity contribution in [3.8, 4) is 5.75 Å². The number of carbonyl (C=O) groups is 3. The van der Waals surface area contributed by atoms with Crippen LogP contribution in [0.25, 0.3) is 0 Å². The van der Waals surface area contributed by atoms with E-state index in [1.807, 2.05) is 0 Å². The first-order valence-corrected chi connectivity index (χ1v) is 11.7. The zero-order valence-electron chi connectivity index (χ0n) is 20.0. The molecule has 8 nitrogen and oxygen atoms in total. The minimum absolute atomic E-state index is 0.0667. The summed E-state index contributed by atoms with van der Waals surface area (Å²) in [6, 6.07) is 7.19. The number of unbranched alkanes of at least 4 members (excludes halogenated alkanes) is 7. The van der Waals surface area contributed by atoms with Crippen molar-refractivity contribution in [2.75, 3.05) is 39.2 Å². The van der Waals surface area contributed by atoms with E-state index in [1.54, 1.807) is 31.4 Å².